The maximum Gasteiger partial charge on any atom is 0.123 e. The summed E-state index contributed by atoms with van der Waals surface area (Å²) in [6, 6.07) is 17.6. The van der Waals surface area contributed by atoms with Gasteiger partial charge >= 0.3 is 0 Å². The van der Waals surface area contributed by atoms with Crippen molar-refractivity contribution in [2.45, 2.75) is 6.92 Å². The van der Waals surface area contributed by atoms with Crippen molar-refractivity contribution in [2.75, 3.05) is 19.6 Å². The zero-order chi connectivity index (χ0) is 15.8. The number of rotatable bonds is 2. The van der Waals surface area contributed by atoms with Gasteiger partial charge in [-0.25, -0.2) is 4.39 Å². The highest BCUT2D eigenvalue weighted by Gasteiger charge is 2.31. The summed E-state index contributed by atoms with van der Waals surface area (Å²) in [6.45, 7) is 5.30. The molecule has 0 amide bonds. The molecule has 4 rings (SSSR count). The Hall–Kier alpha value is -2.19. The Kier molecular flexibility index (Phi) is 3.62. The molecule has 2 atom stereocenters. The minimum absolute atomic E-state index is 0.173. The van der Waals surface area contributed by atoms with Crippen LogP contribution in [0, 0.1) is 11.7 Å². The second kappa shape index (κ2) is 5.78. The van der Waals surface area contributed by atoms with Gasteiger partial charge in [0.05, 0.1) is 0 Å². The first-order valence-electron chi connectivity index (χ1n) is 8.16. The molecule has 2 heteroatoms. The lowest BCUT2D eigenvalue weighted by atomic mass is 9.78. The third-order valence-corrected chi connectivity index (χ3v) is 5.07. The predicted octanol–water partition coefficient (Wildman–Crippen LogP) is 4.63. The molecule has 0 fully saturated rings. The molecule has 2 aliphatic heterocycles. The summed E-state index contributed by atoms with van der Waals surface area (Å²) in [7, 11) is 0. The molecule has 0 saturated heterocycles. The third-order valence-electron chi connectivity index (χ3n) is 5.07. The average molecular weight is 305 g/mol. The van der Waals surface area contributed by atoms with Crippen molar-refractivity contribution in [3.63, 3.8) is 0 Å². The van der Waals surface area contributed by atoms with Crippen LogP contribution in [0.3, 0.4) is 0 Å². The molecule has 116 valence electrons. The third kappa shape index (κ3) is 2.64. The van der Waals surface area contributed by atoms with Crippen LogP contribution in [0.2, 0.25) is 0 Å². The van der Waals surface area contributed by atoms with Crippen LogP contribution in [0.5, 0.6) is 0 Å². The molecule has 0 aromatic heterocycles. The van der Waals surface area contributed by atoms with Gasteiger partial charge in [-0.2, -0.15) is 0 Å². The number of hydrogen-bond donors (Lipinski definition) is 0. The Labute approximate surface area is 136 Å². The van der Waals surface area contributed by atoms with Crippen molar-refractivity contribution < 1.29 is 4.39 Å². The largest absolute Gasteiger partial charge is 0.294 e. The summed E-state index contributed by atoms with van der Waals surface area (Å²) in [5.74, 6) is 0.228. The first-order valence-corrected chi connectivity index (χ1v) is 8.16. The van der Waals surface area contributed by atoms with Gasteiger partial charge in [0.25, 0.3) is 0 Å². The molecule has 1 unspecified atom stereocenters. The van der Waals surface area contributed by atoms with Gasteiger partial charge in [-0.3, -0.25) is 4.90 Å². The van der Waals surface area contributed by atoms with Crippen LogP contribution in [0.1, 0.15) is 18.1 Å². The normalized spacial score (nSPS) is 23.7. The average Bonchev–Trinajstić information content (AvgIpc) is 2.60. The van der Waals surface area contributed by atoms with E-state index in [0.717, 1.165) is 25.2 Å². The molecule has 0 radical (unpaired) electrons. The van der Waals surface area contributed by atoms with Gasteiger partial charge < -0.3 is 0 Å². The topological polar surface area (TPSA) is 3.24 Å². The fraction of sp³-hybridized carbons (Fsp3) is 0.238. The molecular weight excluding hydrogens is 285 g/mol. The number of fused-ring (bicyclic) bond motifs is 2. The lowest BCUT2D eigenvalue weighted by molar-refractivity contribution is 0.295. The van der Waals surface area contributed by atoms with Crippen LogP contribution in [0.15, 0.2) is 66.2 Å². The lowest BCUT2D eigenvalue weighted by Crippen LogP contribution is -2.40. The fourth-order valence-corrected chi connectivity index (χ4v) is 3.78. The van der Waals surface area contributed by atoms with Crippen LogP contribution < -0.4 is 0 Å². The molecule has 1 nitrogen and oxygen atoms in total. The maximum absolute atomic E-state index is 13.2. The van der Waals surface area contributed by atoms with E-state index in [-0.39, 0.29) is 5.82 Å². The predicted molar refractivity (Wildman–Crippen MR) is 93.3 cm³/mol. The molecule has 0 aliphatic carbocycles. The highest BCUT2D eigenvalue weighted by atomic mass is 19.1. The standard InChI is InChI=1S/C21H20FN/c1-15-20(16-5-3-2-4-6-16)13-23-12-11-19(21(15)14-23)17-7-9-18(22)10-8-17/h2-11,21H,12-14H2,1H3/t21-/m1/s1. The molecule has 2 heterocycles. The minimum Gasteiger partial charge on any atom is -0.294 e. The van der Waals surface area contributed by atoms with Gasteiger partial charge in [-0.1, -0.05) is 54.1 Å². The summed E-state index contributed by atoms with van der Waals surface area (Å²) in [5, 5.41) is 0. The number of nitrogens with zero attached hydrogens (tertiary/aromatic N) is 1. The van der Waals surface area contributed by atoms with Gasteiger partial charge in [0, 0.05) is 25.6 Å². The summed E-state index contributed by atoms with van der Waals surface area (Å²) < 4.78 is 13.2. The molecule has 2 aliphatic rings. The van der Waals surface area contributed by atoms with E-state index in [1.165, 1.54) is 22.3 Å². The molecule has 2 aromatic rings. The van der Waals surface area contributed by atoms with Crippen molar-refractivity contribution in [3.05, 3.63) is 83.2 Å². The molecule has 0 N–H and O–H groups in total. The monoisotopic (exact) mass is 305 g/mol. The van der Waals surface area contributed by atoms with Gasteiger partial charge in [0.15, 0.2) is 0 Å². The Bertz CT molecular complexity index is 771. The molecule has 0 spiro atoms. The van der Waals surface area contributed by atoms with Gasteiger partial charge in [0.1, 0.15) is 5.82 Å². The van der Waals surface area contributed by atoms with Crippen LogP contribution in [0.4, 0.5) is 4.39 Å². The van der Waals surface area contributed by atoms with Crippen LogP contribution in [-0.2, 0) is 0 Å². The molecule has 2 bridgehead atoms. The highest BCUT2D eigenvalue weighted by molar-refractivity contribution is 5.79. The van der Waals surface area contributed by atoms with Crippen molar-refractivity contribution in [2.24, 2.45) is 5.92 Å². The Morgan fingerprint density at radius 2 is 1.70 bits per heavy atom. The second-order valence-electron chi connectivity index (χ2n) is 6.44. The van der Waals surface area contributed by atoms with Gasteiger partial charge in [0.2, 0.25) is 0 Å². The quantitative estimate of drug-likeness (QED) is 0.782. The summed E-state index contributed by atoms with van der Waals surface area (Å²) >= 11 is 0. The summed E-state index contributed by atoms with van der Waals surface area (Å²) in [4.78, 5) is 2.49. The van der Waals surface area contributed by atoms with E-state index in [0.29, 0.717) is 5.92 Å². The van der Waals surface area contributed by atoms with E-state index < -0.39 is 0 Å². The van der Waals surface area contributed by atoms with Crippen molar-refractivity contribution in [1.29, 1.82) is 0 Å². The van der Waals surface area contributed by atoms with Crippen LogP contribution in [0.25, 0.3) is 11.1 Å². The van der Waals surface area contributed by atoms with E-state index in [9.17, 15) is 4.39 Å². The first-order chi connectivity index (χ1) is 11.2. The zero-order valence-electron chi connectivity index (χ0n) is 13.3. The number of hydrogen-bond acceptors (Lipinski definition) is 1. The van der Waals surface area contributed by atoms with E-state index in [1.807, 2.05) is 12.1 Å². The Morgan fingerprint density at radius 3 is 2.43 bits per heavy atom. The SMILES string of the molecule is CC1=C(c2ccccc2)CN2CC=C(c3ccc(F)cc3)[C@@H]1C2. The maximum atomic E-state index is 13.2. The van der Waals surface area contributed by atoms with Gasteiger partial charge in [-0.15, -0.1) is 0 Å². The zero-order valence-corrected chi connectivity index (χ0v) is 13.3. The highest BCUT2D eigenvalue weighted by Crippen LogP contribution is 2.40. The van der Waals surface area contributed by atoms with Crippen LogP contribution >= 0.6 is 0 Å². The number of benzene rings is 2. The first kappa shape index (κ1) is 14.4. The van der Waals surface area contributed by atoms with E-state index in [2.05, 4.69) is 48.2 Å². The van der Waals surface area contributed by atoms with E-state index in [4.69, 9.17) is 0 Å². The van der Waals surface area contributed by atoms with Crippen molar-refractivity contribution >= 4 is 11.1 Å². The number of halogens is 1. The lowest BCUT2D eigenvalue weighted by Gasteiger charge is -2.40. The van der Waals surface area contributed by atoms with Gasteiger partial charge in [-0.05, 0) is 41.3 Å². The minimum atomic E-state index is -0.173. The fourth-order valence-electron chi connectivity index (χ4n) is 3.78. The smallest absolute Gasteiger partial charge is 0.123 e. The van der Waals surface area contributed by atoms with E-state index >= 15 is 0 Å². The van der Waals surface area contributed by atoms with Crippen LogP contribution in [-0.4, -0.2) is 24.5 Å². The second-order valence-corrected chi connectivity index (χ2v) is 6.44. The van der Waals surface area contributed by atoms with E-state index in [1.54, 1.807) is 12.1 Å². The Morgan fingerprint density at radius 1 is 0.957 bits per heavy atom. The Balaban J connectivity index is 1.76. The molecular formula is C21H20FN. The molecule has 23 heavy (non-hydrogen) atoms. The van der Waals surface area contributed by atoms with Crippen molar-refractivity contribution in [3.8, 4) is 0 Å². The molecule has 2 aromatic carbocycles. The summed E-state index contributed by atoms with van der Waals surface area (Å²) in [5.41, 5.74) is 6.69. The van der Waals surface area contributed by atoms with Crippen molar-refractivity contribution in [1.82, 2.24) is 4.90 Å². The molecule has 0 saturated carbocycles. The summed E-state index contributed by atoms with van der Waals surface area (Å²) in [6.07, 6.45) is 2.31.